The number of nitrogens with two attached hydrogens (primary N) is 1. The average molecular weight is 283 g/mol. The topological polar surface area (TPSA) is 109 Å². The highest BCUT2D eigenvalue weighted by Gasteiger charge is 2.25. The lowest BCUT2D eigenvalue weighted by Gasteiger charge is -2.27. The zero-order chi connectivity index (χ0) is 15.0. The minimum atomic E-state index is -0.324. The number of nitrogens with one attached hydrogen (secondary N) is 3. The normalized spacial score (nSPS) is 24.1. The summed E-state index contributed by atoms with van der Waals surface area (Å²) in [5.74, 6) is 0.680. The van der Waals surface area contributed by atoms with Gasteiger partial charge in [0.2, 0.25) is 5.91 Å². The molecule has 1 atom stereocenters. The van der Waals surface area contributed by atoms with Crippen molar-refractivity contribution in [2.75, 3.05) is 13.6 Å². The summed E-state index contributed by atoms with van der Waals surface area (Å²) in [6.07, 6.45) is 5.16. The monoisotopic (exact) mass is 283 g/mol. The molecule has 114 valence electrons. The molecule has 1 unspecified atom stereocenters. The molecule has 7 heteroatoms. The summed E-state index contributed by atoms with van der Waals surface area (Å²) in [5, 5.41) is 9.18. The largest absolute Gasteiger partial charge is 0.359 e. The van der Waals surface area contributed by atoms with E-state index in [0.29, 0.717) is 12.5 Å². The number of hydrogen-bond donors (Lipinski definition) is 4. The van der Waals surface area contributed by atoms with Crippen molar-refractivity contribution in [2.24, 2.45) is 22.7 Å². The van der Waals surface area contributed by atoms with Gasteiger partial charge in [-0.2, -0.15) is 5.10 Å². The number of carbonyl (C=O) groups is 2. The van der Waals surface area contributed by atoms with E-state index < -0.39 is 0 Å². The van der Waals surface area contributed by atoms with E-state index in [9.17, 15) is 9.59 Å². The Labute approximate surface area is 119 Å². The van der Waals surface area contributed by atoms with Crippen LogP contribution in [0.3, 0.4) is 0 Å². The molecule has 1 aliphatic carbocycles. The maximum Gasteiger partial charge on any atom is 0.335 e. The van der Waals surface area contributed by atoms with Gasteiger partial charge in [-0.15, -0.1) is 0 Å². The molecule has 0 aromatic carbocycles. The van der Waals surface area contributed by atoms with E-state index in [4.69, 9.17) is 5.73 Å². The van der Waals surface area contributed by atoms with Crippen LogP contribution >= 0.6 is 0 Å². The predicted octanol–water partition coefficient (Wildman–Crippen LogP) is 0.171. The van der Waals surface area contributed by atoms with E-state index >= 15 is 0 Å². The SMILES string of the molecule is CNC(=O)C1CCC(CNC(=O)N/N=C/C(C)N)CC1. The Kier molecular flexibility index (Phi) is 7.00. The van der Waals surface area contributed by atoms with Crippen LogP contribution in [0.2, 0.25) is 0 Å². The Bertz CT molecular complexity index is 349. The van der Waals surface area contributed by atoms with Gasteiger partial charge >= 0.3 is 6.03 Å². The van der Waals surface area contributed by atoms with E-state index in [0.717, 1.165) is 25.7 Å². The first-order chi connectivity index (χ1) is 9.52. The van der Waals surface area contributed by atoms with Gasteiger partial charge in [-0.05, 0) is 38.5 Å². The Morgan fingerprint density at radius 2 is 2.00 bits per heavy atom. The van der Waals surface area contributed by atoms with Gasteiger partial charge in [-0.25, -0.2) is 10.2 Å². The van der Waals surface area contributed by atoms with Gasteiger partial charge < -0.3 is 16.4 Å². The molecule has 1 rings (SSSR count). The van der Waals surface area contributed by atoms with E-state index in [1.165, 1.54) is 6.21 Å². The molecular formula is C13H25N5O2. The van der Waals surface area contributed by atoms with Crippen molar-refractivity contribution in [3.05, 3.63) is 0 Å². The van der Waals surface area contributed by atoms with Gasteiger partial charge in [-0.3, -0.25) is 4.79 Å². The van der Waals surface area contributed by atoms with Gasteiger partial charge in [0.1, 0.15) is 0 Å². The van der Waals surface area contributed by atoms with Crippen LogP contribution in [0.25, 0.3) is 0 Å². The Morgan fingerprint density at radius 1 is 1.35 bits per heavy atom. The molecule has 5 N–H and O–H groups in total. The van der Waals surface area contributed by atoms with Crippen LogP contribution < -0.4 is 21.8 Å². The first-order valence-corrected chi connectivity index (χ1v) is 7.07. The van der Waals surface area contributed by atoms with Crippen molar-refractivity contribution in [2.45, 2.75) is 38.6 Å². The fraction of sp³-hybridized carbons (Fsp3) is 0.769. The summed E-state index contributed by atoms with van der Waals surface area (Å²) in [5.41, 5.74) is 7.83. The van der Waals surface area contributed by atoms with Crippen LogP contribution in [-0.2, 0) is 4.79 Å². The standard InChI is InChI=1S/C13H25N5O2/c1-9(14)7-17-18-13(20)16-8-10-3-5-11(6-4-10)12(19)15-2/h7,9-11H,3-6,8,14H2,1-2H3,(H,15,19)(H2,16,18,20)/b17-7+. The summed E-state index contributed by atoms with van der Waals surface area (Å²) >= 11 is 0. The summed E-state index contributed by atoms with van der Waals surface area (Å²) in [7, 11) is 1.67. The third kappa shape index (κ3) is 6.01. The number of hydrazone groups is 1. The number of rotatable bonds is 5. The van der Waals surface area contributed by atoms with Gasteiger partial charge in [0, 0.05) is 31.8 Å². The number of nitrogens with zero attached hydrogens (tertiary/aromatic N) is 1. The molecule has 0 bridgehead atoms. The Hall–Kier alpha value is -1.63. The van der Waals surface area contributed by atoms with Crippen molar-refractivity contribution in [3.63, 3.8) is 0 Å². The highest BCUT2D eigenvalue weighted by molar-refractivity contribution is 5.78. The van der Waals surface area contributed by atoms with Gasteiger partial charge in [0.25, 0.3) is 0 Å². The quantitative estimate of drug-likeness (QED) is 0.426. The fourth-order valence-corrected chi connectivity index (χ4v) is 2.32. The van der Waals surface area contributed by atoms with Crippen molar-refractivity contribution in [1.82, 2.24) is 16.1 Å². The summed E-state index contributed by atoms with van der Waals surface area (Å²) in [6.45, 7) is 2.38. The van der Waals surface area contributed by atoms with Crippen molar-refractivity contribution in [3.8, 4) is 0 Å². The van der Waals surface area contributed by atoms with Crippen LogP contribution in [-0.4, -0.2) is 37.8 Å². The third-order valence-electron chi connectivity index (χ3n) is 3.49. The molecule has 7 nitrogen and oxygen atoms in total. The Balaban J connectivity index is 2.18. The molecular weight excluding hydrogens is 258 g/mol. The second kappa shape index (κ2) is 8.52. The van der Waals surface area contributed by atoms with Gasteiger partial charge in [0.05, 0.1) is 0 Å². The van der Waals surface area contributed by atoms with Crippen LogP contribution in [0.5, 0.6) is 0 Å². The maximum absolute atomic E-state index is 11.5. The van der Waals surface area contributed by atoms with Crippen LogP contribution in [0.1, 0.15) is 32.6 Å². The average Bonchev–Trinajstić information content (AvgIpc) is 2.44. The molecule has 0 saturated heterocycles. The van der Waals surface area contributed by atoms with Crippen molar-refractivity contribution < 1.29 is 9.59 Å². The molecule has 1 fully saturated rings. The van der Waals surface area contributed by atoms with E-state index in [1.54, 1.807) is 14.0 Å². The highest BCUT2D eigenvalue weighted by atomic mass is 16.2. The number of amides is 3. The van der Waals surface area contributed by atoms with Crippen molar-refractivity contribution in [1.29, 1.82) is 0 Å². The molecule has 0 aliphatic heterocycles. The minimum Gasteiger partial charge on any atom is -0.359 e. The molecule has 0 spiro atoms. The summed E-state index contributed by atoms with van der Waals surface area (Å²) in [4.78, 5) is 22.9. The van der Waals surface area contributed by atoms with Crippen LogP contribution in [0.15, 0.2) is 5.10 Å². The second-order valence-corrected chi connectivity index (χ2v) is 5.29. The van der Waals surface area contributed by atoms with E-state index in [2.05, 4.69) is 21.2 Å². The zero-order valence-electron chi connectivity index (χ0n) is 12.2. The number of hydrogen-bond acceptors (Lipinski definition) is 4. The summed E-state index contributed by atoms with van der Waals surface area (Å²) < 4.78 is 0. The second-order valence-electron chi connectivity index (χ2n) is 5.29. The Morgan fingerprint density at radius 3 is 2.55 bits per heavy atom. The molecule has 3 amide bonds. The molecule has 0 heterocycles. The van der Waals surface area contributed by atoms with Crippen molar-refractivity contribution >= 4 is 18.2 Å². The maximum atomic E-state index is 11.5. The smallest absolute Gasteiger partial charge is 0.335 e. The molecule has 0 aromatic heterocycles. The van der Waals surface area contributed by atoms with Gasteiger partial charge in [-0.1, -0.05) is 0 Å². The molecule has 1 saturated carbocycles. The van der Waals surface area contributed by atoms with E-state index in [1.807, 2.05) is 0 Å². The molecule has 0 aromatic rings. The lowest BCUT2D eigenvalue weighted by atomic mass is 9.81. The van der Waals surface area contributed by atoms with Crippen LogP contribution in [0.4, 0.5) is 4.79 Å². The predicted molar refractivity (Wildman–Crippen MR) is 78.2 cm³/mol. The molecule has 1 aliphatic rings. The van der Waals surface area contributed by atoms with E-state index in [-0.39, 0.29) is 23.9 Å². The zero-order valence-corrected chi connectivity index (χ0v) is 12.2. The first-order valence-electron chi connectivity index (χ1n) is 7.07. The summed E-state index contributed by atoms with van der Waals surface area (Å²) in [6, 6.07) is -0.509. The van der Waals surface area contributed by atoms with Crippen LogP contribution in [0, 0.1) is 11.8 Å². The first kappa shape index (κ1) is 16.4. The number of carbonyl (C=O) groups excluding carboxylic acids is 2. The lowest BCUT2D eigenvalue weighted by molar-refractivity contribution is -0.125. The number of urea groups is 1. The molecule has 0 radical (unpaired) electrons. The van der Waals surface area contributed by atoms with Gasteiger partial charge in [0.15, 0.2) is 0 Å². The highest BCUT2D eigenvalue weighted by Crippen LogP contribution is 2.28. The third-order valence-corrected chi connectivity index (χ3v) is 3.49. The minimum absolute atomic E-state index is 0.124. The lowest BCUT2D eigenvalue weighted by Crippen LogP contribution is -2.38. The molecule has 20 heavy (non-hydrogen) atoms. The fourth-order valence-electron chi connectivity index (χ4n) is 2.32.